The van der Waals surface area contributed by atoms with Crippen LogP contribution < -0.4 is 21.0 Å². The molecule has 0 unspecified atom stereocenters. The fraction of sp³-hybridized carbons (Fsp3) is 0.667. The predicted molar refractivity (Wildman–Crippen MR) is 85.3 cm³/mol. The van der Waals surface area contributed by atoms with E-state index in [-0.39, 0.29) is 13.1 Å². The molecule has 3 atom stereocenters. The monoisotopic (exact) mass is 378 g/mol. The van der Waals surface area contributed by atoms with Crippen molar-refractivity contribution in [1.82, 2.24) is 9.55 Å². The van der Waals surface area contributed by atoms with E-state index in [0.29, 0.717) is 11.5 Å². The minimum absolute atomic E-state index is 0.128. The normalized spacial score (nSPS) is 26.4. The number of aliphatic hydroxyl groups is 1. The Morgan fingerprint density at radius 3 is 2.68 bits per heavy atom. The van der Waals surface area contributed by atoms with Gasteiger partial charge in [-0.3, -0.25) is 18.9 Å². The van der Waals surface area contributed by atoms with Gasteiger partial charge in [-0.1, -0.05) is 0 Å². The van der Waals surface area contributed by atoms with E-state index in [2.05, 4.69) is 9.51 Å². The predicted octanol–water partition coefficient (Wildman–Crippen LogP) is -2.13. The first kappa shape index (κ1) is 18.1. The molecule has 0 bridgehead atoms. The van der Waals surface area contributed by atoms with Crippen LogP contribution in [0.4, 0.5) is 11.5 Å². The summed E-state index contributed by atoms with van der Waals surface area (Å²) in [4.78, 5) is 47.0. The van der Waals surface area contributed by atoms with Gasteiger partial charge in [-0.25, -0.2) is 9.36 Å². The third-order valence-electron chi connectivity index (χ3n) is 4.25. The number of nitrogens with one attached hydrogen (secondary N) is 1. The minimum Gasteiger partial charge on any atom is -0.390 e. The Labute approximate surface area is 141 Å². The lowest BCUT2D eigenvalue weighted by atomic mass is 10.2. The molecule has 1 fully saturated rings. The van der Waals surface area contributed by atoms with E-state index >= 15 is 0 Å². The van der Waals surface area contributed by atoms with Gasteiger partial charge in [0.1, 0.15) is 23.8 Å². The zero-order chi connectivity index (χ0) is 18.5. The topological polar surface area (TPSA) is 158 Å². The molecule has 1 aromatic rings. The summed E-state index contributed by atoms with van der Waals surface area (Å²) in [5.41, 5.74) is -0.804. The molecule has 140 valence electrons. The van der Waals surface area contributed by atoms with Gasteiger partial charge in [0.2, 0.25) is 0 Å². The SMILES string of the molecule is CN1CN([C@H]2C[C@H](O)[C@@H](COP(=O)(O)O)O2)c2c1c(=O)[nH]c(=O)n2C. The van der Waals surface area contributed by atoms with E-state index in [9.17, 15) is 19.3 Å². The maximum Gasteiger partial charge on any atom is 0.469 e. The number of anilines is 2. The molecular weight excluding hydrogens is 359 g/mol. The number of ether oxygens (including phenoxy) is 1. The van der Waals surface area contributed by atoms with E-state index in [1.807, 2.05) is 0 Å². The van der Waals surface area contributed by atoms with E-state index < -0.39 is 44.1 Å². The zero-order valence-electron chi connectivity index (χ0n) is 13.5. The van der Waals surface area contributed by atoms with Gasteiger partial charge in [-0.2, -0.15) is 0 Å². The van der Waals surface area contributed by atoms with Crippen LogP contribution >= 0.6 is 7.82 Å². The zero-order valence-corrected chi connectivity index (χ0v) is 14.4. The lowest BCUT2D eigenvalue weighted by molar-refractivity contribution is -0.0217. The largest absolute Gasteiger partial charge is 0.469 e. The van der Waals surface area contributed by atoms with Gasteiger partial charge in [-0.05, 0) is 0 Å². The molecule has 4 N–H and O–H groups in total. The van der Waals surface area contributed by atoms with E-state index in [1.54, 1.807) is 16.8 Å². The molecule has 1 saturated heterocycles. The standard InChI is InChI=1S/C12H19N4O8P/c1-14-5-16(11-9(14)10(18)13-12(19)15(11)2)8-3-6(17)7(24-8)4-23-25(20,21)22/h6-8,17H,3-5H2,1-2H3,(H,13,18,19)(H2,20,21,22)/t6-,7+,8+/m0/s1. The van der Waals surface area contributed by atoms with Crippen LogP contribution in [0.1, 0.15) is 6.42 Å². The highest BCUT2D eigenvalue weighted by atomic mass is 31.2. The molecule has 0 aromatic carbocycles. The van der Waals surface area contributed by atoms with Gasteiger partial charge in [-0.15, -0.1) is 0 Å². The summed E-state index contributed by atoms with van der Waals surface area (Å²) < 4.78 is 22.1. The molecule has 0 radical (unpaired) electrons. The molecule has 0 aliphatic carbocycles. The Balaban J connectivity index is 1.85. The van der Waals surface area contributed by atoms with Crippen molar-refractivity contribution in [1.29, 1.82) is 0 Å². The average molecular weight is 378 g/mol. The molecule has 0 amide bonds. The molecule has 25 heavy (non-hydrogen) atoms. The van der Waals surface area contributed by atoms with Crippen molar-refractivity contribution in [3.63, 3.8) is 0 Å². The smallest absolute Gasteiger partial charge is 0.390 e. The van der Waals surface area contributed by atoms with Gasteiger partial charge in [0.05, 0.1) is 19.4 Å². The van der Waals surface area contributed by atoms with Gasteiger partial charge in [0, 0.05) is 20.5 Å². The van der Waals surface area contributed by atoms with Crippen molar-refractivity contribution >= 4 is 19.3 Å². The van der Waals surface area contributed by atoms with Crippen LogP contribution in [0, 0.1) is 0 Å². The van der Waals surface area contributed by atoms with Crippen molar-refractivity contribution in [3.05, 3.63) is 20.8 Å². The molecule has 0 spiro atoms. The molecule has 2 aliphatic heterocycles. The van der Waals surface area contributed by atoms with Crippen molar-refractivity contribution in [3.8, 4) is 0 Å². The summed E-state index contributed by atoms with van der Waals surface area (Å²) >= 11 is 0. The van der Waals surface area contributed by atoms with E-state index in [1.165, 1.54) is 11.6 Å². The number of phosphoric acid groups is 1. The Kier molecular flexibility index (Phi) is 4.52. The molecule has 12 nitrogen and oxygen atoms in total. The molecular formula is C12H19N4O8P. The Hall–Kier alpha value is -1.69. The number of hydrogen-bond donors (Lipinski definition) is 4. The first-order valence-corrected chi connectivity index (χ1v) is 8.96. The molecule has 13 heteroatoms. The van der Waals surface area contributed by atoms with Gasteiger partial charge < -0.3 is 29.4 Å². The Morgan fingerprint density at radius 2 is 2.04 bits per heavy atom. The highest BCUT2D eigenvalue weighted by Gasteiger charge is 2.43. The number of hydrogen-bond acceptors (Lipinski definition) is 8. The number of aliphatic hydroxyl groups excluding tert-OH is 1. The second kappa shape index (κ2) is 6.24. The third kappa shape index (κ3) is 3.36. The number of H-pyrrole nitrogens is 1. The number of phosphoric ester groups is 1. The number of aromatic amines is 1. The fourth-order valence-electron chi connectivity index (χ4n) is 3.09. The molecule has 0 saturated carbocycles. The molecule has 3 heterocycles. The van der Waals surface area contributed by atoms with Crippen LogP contribution in [0.25, 0.3) is 0 Å². The second-order valence-electron chi connectivity index (χ2n) is 6.02. The lowest BCUT2D eigenvalue weighted by Crippen LogP contribution is -2.40. The van der Waals surface area contributed by atoms with Crippen LogP contribution in [0.5, 0.6) is 0 Å². The number of aromatic nitrogens is 2. The van der Waals surface area contributed by atoms with Crippen LogP contribution in [-0.4, -0.2) is 63.2 Å². The summed E-state index contributed by atoms with van der Waals surface area (Å²) in [6.07, 6.45) is -2.50. The van der Waals surface area contributed by atoms with Crippen molar-refractivity contribution in [2.75, 3.05) is 30.1 Å². The summed E-state index contributed by atoms with van der Waals surface area (Å²) in [7, 11) is -1.50. The van der Waals surface area contributed by atoms with Crippen LogP contribution in [0.2, 0.25) is 0 Å². The quantitative estimate of drug-likeness (QED) is 0.427. The number of nitrogens with zero attached hydrogens (tertiary/aromatic N) is 3. The number of rotatable bonds is 4. The Morgan fingerprint density at radius 1 is 1.36 bits per heavy atom. The molecule has 3 rings (SSSR count). The van der Waals surface area contributed by atoms with Crippen molar-refractivity contribution in [2.45, 2.75) is 24.9 Å². The van der Waals surface area contributed by atoms with Crippen molar-refractivity contribution < 1.29 is 28.7 Å². The highest BCUT2D eigenvalue weighted by molar-refractivity contribution is 7.46. The molecule has 2 aliphatic rings. The van der Waals surface area contributed by atoms with Crippen molar-refractivity contribution in [2.24, 2.45) is 7.05 Å². The second-order valence-corrected chi connectivity index (χ2v) is 7.26. The average Bonchev–Trinajstić information content (AvgIpc) is 3.03. The summed E-state index contributed by atoms with van der Waals surface area (Å²) in [5, 5.41) is 10.1. The first-order valence-electron chi connectivity index (χ1n) is 7.43. The summed E-state index contributed by atoms with van der Waals surface area (Å²) in [5.74, 6) is 0.352. The van der Waals surface area contributed by atoms with Gasteiger partial charge >= 0.3 is 13.5 Å². The first-order chi connectivity index (χ1) is 11.6. The summed E-state index contributed by atoms with van der Waals surface area (Å²) in [6.45, 7) is -0.230. The van der Waals surface area contributed by atoms with Crippen LogP contribution in [0.15, 0.2) is 9.59 Å². The summed E-state index contributed by atoms with van der Waals surface area (Å²) in [6, 6.07) is 0. The highest BCUT2D eigenvalue weighted by Crippen LogP contribution is 2.39. The van der Waals surface area contributed by atoms with Gasteiger partial charge in [0.15, 0.2) is 0 Å². The fourth-order valence-corrected chi connectivity index (χ4v) is 3.43. The molecule has 1 aromatic heterocycles. The Bertz CT molecular complexity index is 831. The van der Waals surface area contributed by atoms with Crippen LogP contribution in [0.3, 0.4) is 0 Å². The maximum atomic E-state index is 12.1. The third-order valence-corrected chi connectivity index (χ3v) is 4.73. The van der Waals surface area contributed by atoms with E-state index in [4.69, 9.17) is 14.5 Å². The minimum atomic E-state index is -4.68. The van der Waals surface area contributed by atoms with Gasteiger partial charge in [0.25, 0.3) is 5.56 Å². The maximum absolute atomic E-state index is 12.1. The lowest BCUT2D eigenvalue weighted by Gasteiger charge is -2.27. The van der Waals surface area contributed by atoms with Crippen LogP contribution in [-0.2, 0) is 20.9 Å². The van der Waals surface area contributed by atoms with E-state index in [0.717, 1.165) is 0 Å². The number of fused-ring (bicyclic) bond motifs is 1.